The lowest BCUT2D eigenvalue weighted by molar-refractivity contribution is 0.145. The zero-order valence-electron chi connectivity index (χ0n) is 10.5. The first-order chi connectivity index (χ1) is 7.77. The maximum Gasteiger partial charge on any atom is 0.168 e. The second-order valence-electron chi connectivity index (χ2n) is 4.26. The fourth-order valence-corrected chi connectivity index (χ4v) is 1.90. The van der Waals surface area contributed by atoms with Crippen LogP contribution < -0.4 is 5.32 Å². The van der Waals surface area contributed by atoms with Gasteiger partial charge in [-0.25, -0.2) is 0 Å². The molecule has 1 aliphatic carbocycles. The SMILES string of the molecule is CCOCCCNC(=S)N(CC)CC1CC1. The van der Waals surface area contributed by atoms with Crippen LogP contribution in [-0.4, -0.2) is 42.9 Å². The molecule has 0 heterocycles. The van der Waals surface area contributed by atoms with E-state index in [1.165, 1.54) is 12.8 Å². The molecular formula is C12H24N2OS. The van der Waals surface area contributed by atoms with E-state index in [0.29, 0.717) is 0 Å². The minimum absolute atomic E-state index is 0.799. The van der Waals surface area contributed by atoms with E-state index in [1.54, 1.807) is 0 Å². The summed E-state index contributed by atoms with van der Waals surface area (Å²) >= 11 is 5.37. The average molecular weight is 244 g/mol. The van der Waals surface area contributed by atoms with Crippen LogP contribution in [0.15, 0.2) is 0 Å². The lowest BCUT2D eigenvalue weighted by Gasteiger charge is -2.24. The first-order valence-corrected chi connectivity index (χ1v) is 6.79. The quantitative estimate of drug-likeness (QED) is 0.521. The van der Waals surface area contributed by atoms with Gasteiger partial charge in [0.1, 0.15) is 0 Å². The summed E-state index contributed by atoms with van der Waals surface area (Å²) in [6.07, 6.45) is 3.78. The number of rotatable bonds is 8. The van der Waals surface area contributed by atoms with Crippen LogP contribution in [-0.2, 0) is 4.74 Å². The molecule has 0 aromatic carbocycles. The monoisotopic (exact) mass is 244 g/mol. The van der Waals surface area contributed by atoms with Crippen molar-refractivity contribution in [2.24, 2.45) is 5.92 Å². The van der Waals surface area contributed by atoms with Gasteiger partial charge in [0, 0.05) is 32.8 Å². The van der Waals surface area contributed by atoms with Gasteiger partial charge in [-0.3, -0.25) is 0 Å². The molecule has 16 heavy (non-hydrogen) atoms. The summed E-state index contributed by atoms with van der Waals surface area (Å²) in [4.78, 5) is 2.27. The maximum absolute atomic E-state index is 5.37. The molecule has 4 heteroatoms. The fourth-order valence-electron chi connectivity index (χ4n) is 1.59. The second-order valence-corrected chi connectivity index (χ2v) is 4.65. The Morgan fingerprint density at radius 2 is 2.19 bits per heavy atom. The molecule has 1 aliphatic rings. The Labute approximate surface area is 105 Å². The Morgan fingerprint density at radius 1 is 1.44 bits per heavy atom. The molecule has 0 aliphatic heterocycles. The van der Waals surface area contributed by atoms with Gasteiger partial charge in [0.25, 0.3) is 0 Å². The normalized spacial score (nSPS) is 14.9. The van der Waals surface area contributed by atoms with Crippen LogP contribution in [0.25, 0.3) is 0 Å². The third-order valence-corrected chi connectivity index (χ3v) is 3.19. The molecule has 0 aromatic rings. The number of hydrogen-bond acceptors (Lipinski definition) is 2. The van der Waals surface area contributed by atoms with Crippen LogP contribution >= 0.6 is 12.2 Å². The molecule has 0 bridgehead atoms. The van der Waals surface area contributed by atoms with Crippen LogP contribution in [0.4, 0.5) is 0 Å². The third kappa shape index (κ3) is 5.66. The van der Waals surface area contributed by atoms with Crippen molar-refractivity contribution in [1.82, 2.24) is 10.2 Å². The summed E-state index contributed by atoms with van der Waals surface area (Å²) in [5.41, 5.74) is 0. The molecular weight excluding hydrogens is 220 g/mol. The first kappa shape index (κ1) is 13.7. The van der Waals surface area contributed by atoms with Crippen LogP contribution in [0.1, 0.15) is 33.1 Å². The highest BCUT2D eigenvalue weighted by atomic mass is 32.1. The number of nitrogens with one attached hydrogen (secondary N) is 1. The van der Waals surface area contributed by atoms with Crippen LogP contribution in [0, 0.1) is 5.92 Å². The molecule has 0 saturated heterocycles. The fraction of sp³-hybridized carbons (Fsp3) is 0.917. The zero-order valence-corrected chi connectivity index (χ0v) is 11.3. The van der Waals surface area contributed by atoms with Crippen molar-refractivity contribution in [1.29, 1.82) is 0 Å². The molecule has 1 N–H and O–H groups in total. The van der Waals surface area contributed by atoms with Crippen LogP contribution in [0.2, 0.25) is 0 Å². The molecule has 0 aromatic heterocycles. The number of ether oxygens (including phenoxy) is 1. The van der Waals surface area contributed by atoms with Gasteiger partial charge in [-0.15, -0.1) is 0 Å². The van der Waals surface area contributed by atoms with Gasteiger partial charge in [-0.05, 0) is 51.2 Å². The molecule has 0 spiro atoms. The minimum atomic E-state index is 0.799. The molecule has 94 valence electrons. The highest BCUT2D eigenvalue weighted by Crippen LogP contribution is 2.29. The van der Waals surface area contributed by atoms with E-state index >= 15 is 0 Å². The molecule has 1 fully saturated rings. The Morgan fingerprint density at radius 3 is 2.75 bits per heavy atom. The van der Waals surface area contributed by atoms with Gasteiger partial charge in [0.15, 0.2) is 5.11 Å². The predicted octanol–water partition coefficient (Wildman–Crippen LogP) is 2.02. The van der Waals surface area contributed by atoms with E-state index in [-0.39, 0.29) is 0 Å². The summed E-state index contributed by atoms with van der Waals surface area (Å²) in [5, 5.41) is 4.21. The highest BCUT2D eigenvalue weighted by Gasteiger charge is 2.24. The molecule has 0 atom stereocenters. The van der Waals surface area contributed by atoms with Gasteiger partial charge >= 0.3 is 0 Å². The molecule has 0 radical (unpaired) electrons. The Bertz CT molecular complexity index is 207. The van der Waals surface area contributed by atoms with E-state index in [4.69, 9.17) is 17.0 Å². The van der Waals surface area contributed by atoms with Gasteiger partial charge in [0.05, 0.1) is 0 Å². The first-order valence-electron chi connectivity index (χ1n) is 6.38. The van der Waals surface area contributed by atoms with Gasteiger partial charge < -0.3 is 15.0 Å². The van der Waals surface area contributed by atoms with Crippen molar-refractivity contribution in [2.45, 2.75) is 33.1 Å². The average Bonchev–Trinajstić information content (AvgIpc) is 3.09. The van der Waals surface area contributed by atoms with Gasteiger partial charge in [-0.2, -0.15) is 0 Å². The Kier molecular flexibility index (Phi) is 6.73. The lowest BCUT2D eigenvalue weighted by Crippen LogP contribution is -2.41. The summed E-state index contributed by atoms with van der Waals surface area (Å²) in [7, 11) is 0. The highest BCUT2D eigenvalue weighted by molar-refractivity contribution is 7.80. The van der Waals surface area contributed by atoms with E-state index in [0.717, 1.165) is 50.3 Å². The van der Waals surface area contributed by atoms with E-state index in [2.05, 4.69) is 17.1 Å². The van der Waals surface area contributed by atoms with Crippen molar-refractivity contribution in [2.75, 3.05) is 32.8 Å². The number of nitrogens with zero attached hydrogens (tertiary/aromatic N) is 1. The van der Waals surface area contributed by atoms with Crippen molar-refractivity contribution in [3.8, 4) is 0 Å². The second kappa shape index (κ2) is 7.85. The maximum atomic E-state index is 5.37. The van der Waals surface area contributed by atoms with E-state index in [1.807, 2.05) is 6.92 Å². The molecule has 0 unspecified atom stereocenters. The van der Waals surface area contributed by atoms with Crippen LogP contribution in [0.3, 0.4) is 0 Å². The summed E-state index contributed by atoms with van der Waals surface area (Å²) in [5.74, 6) is 0.892. The van der Waals surface area contributed by atoms with Gasteiger partial charge in [-0.1, -0.05) is 0 Å². The number of hydrogen-bond donors (Lipinski definition) is 1. The smallest absolute Gasteiger partial charge is 0.168 e. The topological polar surface area (TPSA) is 24.5 Å². The van der Waals surface area contributed by atoms with Crippen molar-refractivity contribution in [3.05, 3.63) is 0 Å². The third-order valence-electron chi connectivity index (χ3n) is 2.79. The number of thiocarbonyl (C=S) groups is 1. The van der Waals surface area contributed by atoms with Crippen molar-refractivity contribution >= 4 is 17.3 Å². The van der Waals surface area contributed by atoms with Crippen LogP contribution in [0.5, 0.6) is 0 Å². The Hall–Kier alpha value is -0.350. The largest absolute Gasteiger partial charge is 0.382 e. The molecule has 1 rings (SSSR count). The lowest BCUT2D eigenvalue weighted by atomic mass is 10.4. The zero-order chi connectivity index (χ0) is 11.8. The Balaban J connectivity index is 2.06. The predicted molar refractivity (Wildman–Crippen MR) is 71.7 cm³/mol. The minimum Gasteiger partial charge on any atom is -0.382 e. The summed E-state index contributed by atoms with van der Waals surface area (Å²) in [6, 6.07) is 0. The molecule has 0 amide bonds. The summed E-state index contributed by atoms with van der Waals surface area (Å²) in [6.45, 7) is 8.86. The van der Waals surface area contributed by atoms with Gasteiger partial charge in [0.2, 0.25) is 0 Å². The molecule has 1 saturated carbocycles. The molecule has 3 nitrogen and oxygen atoms in total. The van der Waals surface area contributed by atoms with Crippen molar-refractivity contribution in [3.63, 3.8) is 0 Å². The standard InChI is InChI=1S/C12H24N2OS/c1-3-14(10-11-6-7-11)12(16)13-8-5-9-15-4-2/h11H,3-10H2,1-2H3,(H,13,16). The van der Waals surface area contributed by atoms with Crippen molar-refractivity contribution < 1.29 is 4.74 Å². The summed E-state index contributed by atoms with van der Waals surface area (Å²) < 4.78 is 5.28. The van der Waals surface area contributed by atoms with E-state index in [9.17, 15) is 0 Å². The van der Waals surface area contributed by atoms with E-state index < -0.39 is 0 Å².